The van der Waals surface area contributed by atoms with Crippen LogP contribution in [0.3, 0.4) is 0 Å². The molecule has 0 aromatic heterocycles. The number of nitrogens with one attached hydrogen (secondary N) is 1. The highest BCUT2D eigenvalue weighted by molar-refractivity contribution is 7.91. The van der Waals surface area contributed by atoms with Crippen molar-refractivity contribution in [2.45, 2.75) is 62.2 Å². The lowest BCUT2D eigenvalue weighted by molar-refractivity contribution is -0.0159. The van der Waals surface area contributed by atoms with Gasteiger partial charge in [0.05, 0.1) is 5.25 Å². The average molecular weight is 340 g/mol. The third-order valence-electron chi connectivity index (χ3n) is 6.75. The van der Waals surface area contributed by atoms with Crippen LogP contribution in [0.1, 0.15) is 51.4 Å². The molecule has 4 saturated carbocycles. The van der Waals surface area contributed by atoms with Gasteiger partial charge in [-0.3, -0.25) is 0 Å². The summed E-state index contributed by atoms with van der Waals surface area (Å²) in [5.74, 6) is 2.45. The zero-order valence-corrected chi connectivity index (χ0v) is 14.8. The maximum absolute atomic E-state index is 12.7. The highest BCUT2D eigenvalue weighted by atomic mass is 32.2. The number of likely N-dealkylation sites (tertiary alicyclic amines) is 1. The smallest absolute Gasteiger partial charge is 0.317 e. The highest BCUT2D eigenvalue weighted by Crippen LogP contribution is 2.55. The summed E-state index contributed by atoms with van der Waals surface area (Å²) in [6.45, 7) is 1.13. The Morgan fingerprint density at radius 1 is 1.00 bits per heavy atom. The second-order valence-electron chi connectivity index (χ2n) is 8.64. The van der Waals surface area contributed by atoms with Gasteiger partial charge in [0.15, 0.2) is 0 Å². The first-order chi connectivity index (χ1) is 10.8. The van der Waals surface area contributed by atoms with Crippen molar-refractivity contribution in [2.75, 3.05) is 19.3 Å². The fourth-order valence-electron chi connectivity index (χ4n) is 6.06. The molecule has 0 aromatic carbocycles. The van der Waals surface area contributed by atoms with Crippen LogP contribution in [0.25, 0.3) is 0 Å². The van der Waals surface area contributed by atoms with Crippen LogP contribution in [-0.4, -0.2) is 49.5 Å². The van der Waals surface area contributed by atoms with Crippen molar-refractivity contribution in [2.24, 2.45) is 17.8 Å². The van der Waals surface area contributed by atoms with E-state index >= 15 is 0 Å². The summed E-state index contributed by atoms with van der Waals surface area (Å²) < 4.78 is 23.3. The molecule has 5 nitrogen and oxygen atoms in total. The van der Waals surface area contributed by atoms with Gasteiger partial charge in [0, 0.05) is 24.9 Å². The van der Waals surface area contributed by atoms with Gasteiger partial charge in [-0.25, -0.2) is 13.2 Å². The van der Waals surface area contributed by atoms with Crippen molar-refractivity contribution in [3.63, 3.8) is 0 Å². The van der Waals surface area contributed by atoms with Gasteiger partial charge < -0.3 is 10.2 Å². The van der Waals surface area contributed by atoms with E-state index in [1.807, 2.05) is 4.90 Å². The first-order valence-corrected chi connectivity index (χ1v) is 11.0. The molecule has 1 aliphatic heterocycles. The summed E-state index contributed by atoms with van der Waals surface area (Å²) in [7, 11) is -2.98. The molecule has 1 saturated heterocycles. The molecule has 0 aromatic rings. The van der Waals surface area contributed by atoms with Gasteiger partial charge in [-0.05, 0) is 69.1 Å². The van der Waals surface area contributed by atoms with Crippen LogP contribution in [0, 0.1) is 17.8 Å². The Balaban J connectivity index is 1.38. The zero-order valence-electron chi connectivity index (χ0n) is 14.0. The number of carbonyl (C=O) groups excluding carboxylic acids is 1. The average Bonchev–Trinajstić information content (AvgIpc) is 2.44. The fourth-order valence-corrected chi connectivity index (χ4v) is 7.12. The minimum absolute atomic E-state index is 0.0406. The SMILES string of the molecule is CS(=O)(=O)C1CCN(C(=O)NC23CC4CC(CC(C4)C2)C3)CC1. The van der Waals surface area contributed by atoms with Crippen LogP contribution < -0.4 is 5.32 Å². The first kappa shape index (κ1) is 15.7. The quantitative estimate of drug-likeness (QED) is 0.838. The predicted octanol–water partition coefficient (Wildman–Crippen LogP) is 2.17. The van der Waals surface area contributed by atoms with Gasteiger partial charge in [0.2, 0.25) is 0 Å². The van der Waals surface area contributed by atoms with E-state index in [4.69, 9.17) is 0 Å². The minimum Gasteiger partial charge on any atom is -0.333 e. The molecule has 0 spiro atoms. The number of piperidine rings is 1. The molecule has 130 valence electrons. The molecule has 0 atom stereocenters. The van der Waals surface area contributed by atoms with Gasteiger partial charge in [-0.15, -0.1) is 0 Å². The number of rotatable bonds is 2. The predicted molar refractivity (Wildman–Crippen MR) is 88.9 cm³/mol. The van der Waals surface area contributed by atoms with Crippen LogP contribution in [0.5, 0.6) is 0 Å². The molecule has 0 unspecified atom stereocenters. The van der Waals surface area contributed by atoms with Crippen LogP contribution in [0.2, 0.25) is 0 Å². The summed E-state index contributed by atoms with van der Waals surface area (Å²) in [6.07, 6.45) is 10.0. The van der Waals surface area contributed by atoms with E-state index in [0.29, 0.717) is 25.9 Å². The van der Waals surface area contributed by atoms with E-state index in [2.05, 4.69) is 5.32 Å². The normalized spacial score (nSPS) is 40.4. The van der Waals surface area contributed by atoms with Gasteiger partial charge in [0.25, 0.3) is 0 Å². The van der Waals surface area contributed by atoms with Crippen LogP contribution >= 0.6 is 0 Å². The van der Waals surface area contributed by atoms with E-state index < -0.39 is 9.84 Å². The third-order valence-corrected chi connectivity index (χ3v) is 8.43. The molecule has 23 heavy (non-hydrogen) atoms. The molecule has 4 aliphatic carbocycles. The molecule has 1 N–H and O–H groups in total. The van der Waals surface area contributed by atoms with E-state index in [-0.39, 0.29) is 16.8 Å². The van der Waals surface area contributed by atoms with E-state index in [0.717, 1.165) is 37.0 Å². The molecule has 4 bridgehead atoms. The Morgan fingerprint density at radius 2 is 1.48 bits per heavy atom. The van der Waals surface area contributed by atoms with Crippen molar-refractivity contribution >= 4 is 15.9 Å². The summed E-state index contributed by atoms with van der Waals surface area (Å²) >= 11 is 0. The highest BCUT2D eigenvalue weighted by Gasteiger charge is 2.51. The Hall–Kier alpha value is -0.780. The number of hydrogen-bond acceptors (Lipinski definition) is 3. The Morgan fingerprint density at radius 3 is 1.91 bits per heavy atom. The van der Waals surface area contributed by atoms with Crippen molar-refractivity contribution in [3.8, 4) is 0 Å². The largest absolute Gasteiger partial charge is 0.333 e. The molecule has 5 rings (SSSR count). The number of urea groups is 1. The second-order valence-corrected chi connectivity index (χ2v) is 11.0. The topological polar surface area (TPSA) is 66.5 Å². The number of sulfone groups is 1. The van der Waals surface area contributed by atoms with Crippen molar-refractivity contribution in [3.05, 3.63) is 0 Å². The van der Waals surface area contributed by atoms with E-state index in [1.165, 1.54) is 25.5 Å². The van der Waals surface area contributed by atoms with Crippen LogP contribution in [-0.2, 0) is 9.84 Å². The maximum atomic E-state index is 12.7. The zero-order chi connectivity index (χ0) is 16.2. The Kier molecular flexibility index (Phi) is 3.67. The Bertz CT molecular complexity index is 558. The minimum atomic E-state index is -2.98. The lowest BCUT2D eigenvalue weighted by Crippen LogP contribution is -2.62. The molecule has 5 fully saturated rings. The third kappa shape index (κ3) is 2.99. The standard InChI is InChI=1S/C17H28N2O3S/c1-23(21,22)15-2-4-19(5-3-15)16(20)18-17-9-12-6-13(10-17)8-14(7-12)11-17/h12-15H,2-11H2,1H3,(H,18,20). The monoisotopic (exact) mass is 340 g/mol. The lowest BCUT2D eigenvalue weighted by Gasteiger charge is -2.57. The maximum Gasteiger partial charge on any atom is 0.317 e. The lowest BCUT2D eigenvalue weighted by atomic mass is 9.53. The molecular formula is C17H28N2O3S. The molecule has 5 aliphatic rings. The van der Waals surface area contributed by atoms with E-state index in [1.54, 1.807) is 0 Å². The van der Waals surface area contributed by atoms with Gasteiger partial charge >= 0.3 is 6.03 Å². The van der Waals surface area contributed by atoms with Gasteiger partial charge in [-0.2, -0.15) is 0 Å². The van der Waals surface area contributed by atoms with Crippen LogP contribution in [0.4, 0.5) is 4.79 Å². The summed E-state index contributed by atoms with van der Waals surface area (Å²) in [5.41, 5.74) is 0.0412. The van der Waals surface area contributed by atoms with Crippen molar-refractivity contribution in [1.82, 2.24) is 10.2 Å². The Labute approximate surface area is 139 Å². The van der Waals surface area contributed by atoms with Gasteiger partial charge in [-0.1, -0.05) is 0 Å². The molecular weight excluding hydrogens is 312 g/mol. The number of amides is 2. The summed E-state index contributed by atoms with van der Waals surface area (Å²) in [6, 6.07) is 0.0406. The number of nitrogens with zero attached hydrogens (tertiary/aromatic N) is 1. The van der Waals surface area contributed by atoms with Crippen LogP contribution in [0.15, 0.2) is 0 Å². The number of carbonyl (C=O) groups is 1. The molecule has 0 radical (unpaired) electrons. The fraction of sp³-hybridized carbons (Fsp3) is 0.941. The number of hydrogen-bond donors (Lipinski definition) is 1. The second kappa shape index (κ2) is 5.36. The van der Waals surface area contributed by atoms with Crippen molar-refractivity contribution in [1.29, 1.82) is 0 Å². The molecule has 1 heterocycles. The summed E-state index contributed by atoms with van der Waals surface area (Å²) in [5, 5.41) is 3.11. The van der Waals surface area contributed by atoms with Crippen molar-refractivity contribution < 1.29 is 13.2 Å². The molecule has 6 heteroatoms. The first-order valence-electron chi connectivity index (χ1n) is 9.09. The summed E-state index contributed by atoms with van der Waals surface area (Å²) in [4.78, 5) is 14.5. The molecule has 2 amide bonds. The van der Waals surface area contributed by atoms with Gasteiger partial charge in [0.1, 0.15) is 9.84 Å². The van der Waals surface area contributed by atoms with E-state index in [9.17, 15) is 13.2 Å².